The van der Waals surface area contributed by atoms with E-state index < -0.39 is 37.3 Å². The molecule has 140 valence electrons. The molecule has 0 spiro atoms. The van der Waals surface area contributed by atoms with Crippen molar-refractivity contribution >= 4 is 41.9 Å². The third-order valence-electron chi connectivity index (χ3n) is 3.29. The average Bonchev–Trinajstić information content (AvgIpc) is 2.54. The summed E-state index contributed by atoms with van der Waals surface area (Å²) in [4.78, 5) is 11.7. The lowest BCUT2D eigenvalue weighted by Crippen LogP contribution is -2.31. The van der Waals surface area contributed by atoms with Crippen molar-refractivity contribution in [1.82, 2.24) is 9.03 Å². The predicted molar refractivity (Wildman–Crippen MR) is 96.1 cm³/mol. The first-order valence-electron chi connectivity index (χ1n) is 7.00. The van der Waals surface area contributed by atoms with E-state index in [4.69, 9.17) is 0 Å². The quantitative estimate of drug-likeness (QED) is 0.728. The molecule has 2 aromatic carbocycles. The first kappa shape index (κ1) is 20.5. The van der Waals surface area contributed by atoms with Crippen molar-refractivity contribution < 1.29 is 26.0 Å². The molecule has 0 aliphatic carbocycles. The van der Waals surface area contributed by atoms with Gasteiger partial charge < -0.3 is 0 Å². The lowest BCUT2D eigenvalue weighted by Gasteiger charge is -2.13. The van der Waals surface area contributed by atoms with Crippen molar-refractivity contribution in [2.75, 3.05) is 14.1 Å². The Bertz CT molecular complexity index is 1070. The number of hydrogen-bond acceptors (Lipinski definition) is 5. The van der Waals surface area contributed by atoms with Gasteiger partial charge in [-0.05, 0) is 36.4 Å². The van der Waals surface area contributed by atoms with Gasteiger partial charge in [0.25, 0.3) is 15.9 Å². The van der Waals surface area contributed by atoms with E-state index >= 15 is 0 Å². The molecule has 0 aliphatic heterocycles. The number of hydrogen-bond donors (Lipinski definition) is 1. The summed E-state index contributed by atoms with van der Waals surface area (Å²) < 4.78 is 65.8. The minimum atomic E-state index is -4.27. The van der Waals surface area contributed by atoms with E-state index in [0.717, 1.165) is 22.5 Å². The van der Waals surface area contributed by atoms with Crippen LogP contribution in [-0.2, 0) is 20.0 Å². The van der Waals surface area contributed by atoms with Crippen molar-refractivity contribution in [2.45, 2.75) is 9.79 Å². The summed E-state index contributed by atoms with van der Waals surface area (Å²) in [7, 11) is -5.64. The molecule has 0 heterocycles. The molecule has 2 aromatic rings. The molecule has 0 atom stereocenters. The van der Waals surface area contributed by atoms with E-state index in [9.17, 15) is 26.0 Å². The summed E-state index contributed by atoms with van der Waals surface area (Å²) >= 11 is 3.11. The Labute approximate surface area is 159 Å². The molecule has 11 heteroatoms. The molecule has 0 radical (unpaired) electrons. The molecule has 0 fully saturated rings. The van der Waals surface area contributed by atoms with Crippen molar-refractivity contribution in [3.05, 3.63) is 58.3 Å². The van der Waals surface area contributed by atoms with Crippen molar-refractivity contribution in [1.29, 1.82) is 0 Å². The fourth-order valence-electron chi connectivity index (χ4n) is 1.92. The topological polar surface area (TPSA) is 101 Å². The number of nitrogens with zero attached hydrogens (tertiary/aromatic N) is 1. The number of carbonyl (C=O) groups is 1. The summed E-state index contributed by atoms with van der Waals surface area (Å²) in [5, 5.41) is 0. The van der Waals surface area contributed by atoms with Crippen LogP contribution in [0.25, 0.3) is 0 Å². The van der Waals surface area contributed by atoms with Gasteiger partial charge in [-0.2, -0.15) is 0 Å². The second-order valence-electron chi connectivity index (χ2n) is 5.32. The largest absolute Gasteiger partial charge is 0.268 e. The van der Waals surface area contributed by atoms with Crippen LogP contribution in [0.1, 0.15) is 10.4 Å². The molecule has 0 bridgehead atoms. The number of carbonyl (C=O) groups excluding carboxylic acids is 1. The molecular weight excluding hydrogens is 451 g/mol. The fourth-order valence-corrected chi connectivity index (χ4v) is 4.41. The maximum absolute atomic E-state index is 14.0. The summed E-state index contributed by atoms with van der Waals surface area (Å²) in [6, 6.07) is 8.13. The minimum Gasteiger partial charge on any atom is -0.268 e. The third-order valence-corrected chi connectivity index (χ3v) is 6.93. The number of rotatable bonds is 5. The SMILES string of the molecule is CN(C)S(=O)(=O)c1ccc(F)c(C(=O)NS(=O)(=O)c2cccc(Br)c2)c1. The highest BCUT2D eigenvalue weighted by Crippen LogP contribution is 2.19. The molecule has 0 unspecified atom stereocenters. The highest BCUT2D eigenvalue weighted by atomic mass is 79.9. The van der Waals surface area contributed by atoms with Crippen LogP contribution in [0.4, 0.5) is 4.39 Å². The number of benzene rings is 2. The van der Waals surface area contributed by atoms with Gasteiger partial charge in [0, 0.05) is 18.6 Å². The molecule has 2 rings (SSSR count). The van der Waals surface area contributed by atoms with Crippen molar-refractivity contribution in [3.8, 4) is 0 Å². The molecule has 0 aromatic heterocycles. The fraction of sp³-hybridized carbons (Fsp3) is 0.133. The maximum Gasteiger partial charge on any atom is 0.268 e. The second kappa shape index (κ2) is 7.43. The Morgan fingerprint density at radius 1 is 1.04 bits per heavy atom. The average molecular weight is 465 g/mol. The van der Waals surface area contributed by atoms with Crippen molar-refractivity contribution in [2.24, 2.45) is 0 Å². The van der Waals surface area contributed by atoms with Gasteiger partial charge in [-0.3, -0.25) is 4.79 Å². The smallest absolute Gasteiger partial charge is 0.268 e. The highest BCUT2D eigenvalue weighted by Gasteiger charge is 2.24. The zero-order valence-corrected chi connectivity index (χ0v) is 16.8. The molecule has 26 heavy (non-hydrogen) atoms. The van der Waals surface area contributed by atoms with E-state index in [1.807, 2.05) is 0 Å². The van der Waals surface area contributed by atoms with Gasteiger partial charge in [0.15, 0.2) is 0 Å². The minimum absolute atomic E-state index is 0.210. The van der Waals surface area contributed by atoms with Crippen molar-refractivity contribution in [3.63, 3.8) is 0 Å². The van der Waals surface area contributed by atoms with E-state index in [1.54, 1.807) is 10.8 Å². The van der Waals surface area contributed by atoms with Crippen LogP contribution in [0.5, 0.6) is 0 Å². The summed E-state index contributed by atoms with van der Waals surface area (Å²) in [5.74, 6) is -2.33. The molecule has 0 aliphatic rings. The van der Waals surface area contributed by atoms with Gasteiger partial charge in [0.05, 0.1) is 15.4 Å². The van der Waals surface area contributed by atoms with Gasteiger partial charge in [0.2, 0.25) is 10.0 Å². The van der Waals surface area contributed by atoms with E-state index in [1.165, 1.54) is 32.3 Å². The third kappa shape index (κ3) is 4.29. The Morgan fingerprint density at radius 2 is 1.69 bits per heavy atom. The molecular formula is C15H14BrFN2O5S2. The van der Waals surface area contributed by atoms with E-state index in [0.29, 0.717) is 4.47 Å². The molecule has 1 amide bonds. The van der Waals surface area contributed by atoms with Crippen LogP contribution < -0.4 is 4.72 Å². The maximum atomic E-state index is 14.0. The summed E-state index contributed by atoms with van der Waals surface area (Å²) in [5.41, 5.74) is -0.702. The first-order valence-corrected chi connectivity index (χ1v) is 10.7. The van der Waals surface area contributed by atoms with Gasteiger partial charge in [-0.25, -0.2) is 30.3 Å². The number of halogens is 2. The monoisotopic (exact) mass is 464 g/mol. The van der Waals surface area contributed by atoms with Gasteiger partial charge >= 0.3 is 0 Å². The normalized spacial score (nSPS) is 12.2. The van der Waals surface area contributed by atoms with E-state index in [-0.39, 0.29) is 9.79 Å². The van der Waals surface area contributed by atoms with E-state index in [2.05, 4.69) is 15.9 Å². The van der Waals surface area contributed by atoms with Crippen LogP contribution >= 0.6 is 15.9 Å². The highest BCUT2D eigenvalue weighted by molar-refractivity contribution is 9.10. The van der Waals surface area contributed by atoms with Gasteiger partial charge in [0.1, 0.15) is 5.82 Å². The van der Waals surface area contributed by atoms with Crippen LogP contribution in [-0.4, -0.2) is 41.1 Å². The summed E-state index contributed by atoms with van der Waals surface area (Å²) in [6.45, 7) is 0. The molecule has 0 saturated heterocycles. The predicted octanol–water partition coefficient (Wildman–Crippen LogP) is 1.96. The van der Waals surface area contributed by atoms with Crippen LogP contribution in [0, 0.1) is 5.82 Å². The number of sulfonamides is 2. The Morgan fingerprint density at radius 3 is 2.27 bits per heavy atom. The zero-order chi connectivity index (χ0) is 19.7. The van der Waals surface area contributed by atoms with Crippen LogP contribution in [0.2, 0.25) is 0 Å². The Hall–Kier alpha value is -1.82. The zero-order valence-electron chi connectivity index (χ0n) is 13.6. The molecule has 0 saturated carbocycles. The molecule has 7 nitrogen and oxygen atoms in total. The first-order chi connectivity index (χ1) is 11.9. The Balaban J connectivity index is 2.41. The number of nitrogens with one attached hydrogen (secondary N) is 1. The number of amides is 1. The van der Waals surface area contributed by atoms with Gasteiger partial charge in [-0.1, -0.05) is 22.0 Å². The molecule has 1 N–H and O–H groups in total. The second-order valence-corrected chi connectivity index (χ2v) is 10.1. The van der Waals surface area contributed by atoms with Crippen LogP contribution in [0.3, 0.4) is 0 Å². The lowest BCUT2D eigenvalue weighted by molar-refractivity contribution is 0.0977. The standard InChI is InChI=1S/C15H14BrFN2O5S2/c1-19(2)26(23,24)12-6-7-14(17)13(9-12)15(20)18-25(21,22)11-5-3-4-10(16)8-11/h3-9H,1-2H3,(H,18,20). The summed E-state index contributed by atoms with van der Waals surface area (Å²) in [6.07, 6.45) is 0. The lowest BCUT2D eigenvalue weighted by atomic mass is 10.2. The van der Waals surface area contributed by atoms with Gasteiger partial charge in [-0.15, -0.1) is 0 Å². The van der Waals surface area contributed by atoms with Crippen LogP contribution in [0.15, 0.2) is 56.7 Å². The Kier molecular flexibility index (Phi) is 5.85.